The van der Waals surface area contributed by atoms with Gasteiger partial charge in [0.05, 0.1) is 21.2 Å². The molecule has 0 aliphatic rings. The first-order valence-electron chi connectivity index (χ1n) is 5.17. The van der Waals surface area contributed by atoms with E-state index in [4.69, 9.17) is 28.3 Å². The number of halogens is 3. The maximum Gasteiger partial charge on any atom is 0.335 e. The fourth-order valence-corrected chi connectivity index (χ4v) is 3.37. The van der Waals surface area contributed by atoms with Crippen molar-refractivity contribution in [2.75, 3.05) is 5.32 Å². The molecule has 0 saturated carbocycles. The number of benzene rings is 1. The number of thiophene rings is 1. The molecule has 0 aliphatic heterocycles. The average molecular weight is 395 g/mol. The second-order valence-electron chi connectivity index (χ2n) is 3.69. The molecular weight excluding hydrogens is 389 g/mol. The molecule has 1 aromatic carbocycles. The van der Waals surface area contributed by atoms with E-state index in [2.05, 4.69) is 21.2 Å². The van der Waals surface area contributed by atoms with Gasteiger partial charge in [0.25, 0.3) is 5.91 Å². The van der Waals surface area contributed by atoms with Crippen molar-refractivity contribution >= 4 is 68.0 Å². The van der Waals surface area contributed by atoms with E-state index in [-0.39, 0.29) is 11.1 Å². The van der Waals surface area contributed by atoms with Crippen molar-refractivity contribution < 1.29 is 14.7 Å². The Kier molecular flexibility index (Phi) is 4.70. The topological polar surface area (TPSA) is 66.4 Å². The van der Waals surface area contributed by atoms with Crippen molar-refractivity contribution in [2.45, 2.75) is 0 Å². The predicted octanol–water partition coefficient (Wildman–Crippen LogP) is 4.77. The monoisotopic (exact) mass is 393 g/mol. The van der Waals surface area contributed by atoms with E-state index >= 15 is 0 Å². The maximum absolute atomic E-state index is 12.0. The van der Waals surface area contributed by atoms with Crippen LogP contribution < -0.4 is 5.32 Å². The Morgan fingerprint density at radius 3 is 2.45 bits per heavy atom. The van der Waals surface area contributed by atoms with Gasteiger partial charge in [-0.2, -0.15) is 0 Å². The molecular formula is C12H6BrCl2NO3S. The number of aromatic carboxylic acids is 1. The number of hydrogen-bond acceptors (Lipinski definition) is 3. The van der Waals surface area contributed by atoms with Crippen LogP contribution in [0.3, 0.4) is 0 Å². The van der Waals surface area contributed by atoms with Crippen LogP contribution in [-0.2, 0) is 0 Å². The van der Waals surface area contributed by atoms with Crippen LogP contribution in [0.4, 0.5) is 5.69 Å². The fourth-order valence-electron chi connectivity index (χ4n) is 1.43. The number of carbonyl (C=O) groups is 2. The third-order valence-electron chi connectivity index (χ3n) is 2.37. The molecule has 0 spiro atoms. The zero-order valence-electron chi connectivity index (χ0n) is 9.62. The number of hydrogen-bond donors (Lipinski definition) is 2. The molecule has 1 aromatic heterocycles. The molecule has 0 aliphatic carbocycles. The Morgan fingerprint density at radius 2 is 1.95 bits per heavy atom. The van der Waals surface area contributed by atoms with Gasteiger partial charge in [-0.15, -0.1) is 11.3 Å². The van der Waals surface area contributed by atoms with Gasteiger partial charge in [-0.25, -0.2) is 4.79 Å². The number of carboxylic acid groups (broad SMARTS) is 1. The Balaban J connectivity index is 2.24. The van der Waals surface area contributed by atoms with Gasteiger partial charge in [0.2, 0.25) is 0 Å². The quantitative estimate of drug-likeness (QED) is 0.787. The van der Waals surface area contributed by atoms with Gasteiger partial charge in [0, 0.05) is 4.47 Å². The number of amides is 1. The largest absolute Gasteiger partial charge is 0.478 e. The van der Waals surface area contributed by atoms with Crippen molar-refractivity contribution in [1.29, 1.82) is 0 Å². The molecule has 1 heterocycles. The number of rotatable bonds is 3. The molecule has 2 aromatic rings. The minimum absolute atomic E-state index is 0.117. The molecule has 1 amide bonds. The second kappa shape index (κ2) is 6.13. The number of nitrogens with one attached hydrogen (secondary N) is 1. The lowest BCUT2D eigenvalue weighted by Crippen LogP contribution is -2.12. The zero-order chi connectivity index (χ0) is 14.9. The summed E-state index contributed by atoms with van der Waals surface area (Å²) in [4.78, 5) is 22.9. The molecule has 2 rings (SSSR count). The van der Waals surface area contributed by atoms with Crippen LogP contribution in [0.25, 0.3) is 0 Å². The standard InChI is InChI=1S/C12H6BrCl2NO3S/c13-7-3-5(12(18)19)1-2-8(7)16-11(17)6-4-9(14)20-10(6)15/h1-4H,(H,16,17)(H,18,19). The third-order valence-corrected chi connectivity index (χ3v) is 4.51. The number of carboxylic acids is 1. The highest BCUT2D eigenvalue weighted by atomic mass is 79.9. The predicted molar refractivity (Wildman–Crippen MR) is 83.4 cm³/mol. The normalized spacial score (nSPS) is 10.3. The summed E-state index contributed by atoms with van der Waals surface area (Å²) in [6.45, 7) is 0. The lowest BCUT2D eigenvalue weighted by Gasteiger charge is -2.07. The zero-order valence-corrected chi connectivity index (χ0v) is 13.5. The number of carbonyl (C=O) groups excluding carboxylic acids is 1. The van der Waals surface area contributed by atoms with E-state index in [0.717, 1.165) is 11.3 Å². The molecule has 0 radical (unpaired) electrons. The lowest BCUT2D eigenvalue weighted by molar-refractivity contribution is 0.0696. The van der Waals surface area contributed by atoms with E-state index in [1.807, 2.05) is 0 Å². The summed E-state index contributed by atoms with van der Waals surface area (Å²) in [5.41, 5.74) is 0.834. The molecule has 8 heteroatoms. The van der Waals surface area contributed by atoms with Crippen LogP contribution in [-0.4, -0.2) is 17.0 Å². The highest BCUT2D eigenvalue weighted by Gasteiger charge is 2.16. The fraction of sp³-hybridized carbons (Fsp3) is 0. The highest BCUT2D eigenvalue weighted by molar-refractivity contribution is 9.10. The molecule has 0 bridgehead atoms. The van der Waals surface area contributed by atoms with E-state index in [1.165, 1.54) is 24.3 Å². The highest BCUT2D eigenvalue weighted by Crippen LogP contribution is 2.32. The van der Waals surface area contributed by atoms with Gasteiger partial charge < -0.3 is 10.4 Å². The van der Waals surface area contributed by atoms with E-state index in [9.17, 15) is 9.59 Å². The summed E-state index contributed by atoms with van der Waals surface area (Å²) < 4.78 is 1.18. The van der Waals surface area contributed by atoms with Crippen LogP contribution in [0.15, 0.2) is 28.7 Å². The molecule has 104 valence electrons. The Morgan fingerprint density at radius 1 is 1.25 bits per heavy atom. The van der Waals surface area contributed by atoms with Gasteiger partial charge in [-0.05, 0) is 40.2 Å². The van der Waals surface area contributed by atoms with Crippen molar-refractivity contribution in [2.24, 2.45) is 0 Å². The Hall–Kier alpha value is -1.08. The molecule has 0 fully saturated rings. The van der Waals surface area contributed by atoms with E-state index < -0.39 is 11.9 Å². The summed E-state index contributed by atoms with van der Waals surface area (Å²) in [6.07, 6.45) is 0. The van der Waals surface area contributed by atoms with Crippen LogP contribution in [0.5, 0.6) is 0 Å². The van der Waals surface area contributed by atoms with Gasteiger partial charge in [0.15, 0.2) is 0 Å². The number of anilines is 1. The van der Waals surface area contributed by atoms with Gasteiger partial charge in [-0.1, -0.05) is 23.2 Å². The van der Waals surface area contributed by atoms with Crippen molar-refractivity contribution in [3.63, 3.8) is 0 Å². The maximum atomic E-state index is 12.0. The lowest BCUT2D eigenvalue weighted by atomic mass is 10.2. The summed E-state index contributed by atoms with van der Waals surface area (Å²) in [5, 5.41) is 11.5. The molecule has 2 N–H and O–H groups in total. The second-order valence-corrected chi connectivity index (χ2v) is 6.83. The van der Waals surface area contributed by atoms with Gasteiger partial charge in [0.1, 0.15) is 4.34 Å². The molecule has 0 unspecified atom stereocenters. The van der Waals surface area contributed by atoms with Gasteiger partial charge in [-0.3, -0.25) is 4.79 Å². The van der Waals surface area contributed by atoms with Crippen molar-refractivity contribution in [1.82, 2.24) is 0 Å². The van der Waals surface area contributed by atoms with Crippen molar-refractivity contribution in [3.8, 4) is 0 Å². The molecule has 20 heavy (non-hydrogen) atoms. The summed E-state index contributed by atoms with van der Waals surface area (Å²) >= 11 is 16.0. The summed E-state index contributed by atoms with van der Waals surface area (Å²) in [6, 6.07) is 5.77. The smallest absolute Gasteiger partial charge is 0.335 e. The first-order valence-corrected chi connectivity index (χ1v) is 7.54. The Labute approximate surface area is 136 Å². The van der Waals surface area contributed by atoms with E-state index in [1.54, 1.807) is 0 Å². The van der Waals surface area contributed by atoms with Crippen molar-refractivity contribution in [3.05, 3.63) is 48.5 Å². The van der Waals surface area contributed by atoms with Gasteiger partial charge >= 0.3 is 5.97 Å². The summed E-state index contributed by atoms with van der Waals surface area (Å²) in [5.74, 6) is -1.46. The van der Waals surface area contributed by atoms with Crippen LogP contribution >= 0.6 is 50.5 Å². The minimum Gasteiger partial charge on any atom is -0.478 e. The molecule has 0 saturated heterocycles. The van der Waals surface area contributed by atoms with Crippen LogP contribution in [0.2, 0.25) is 8.67 Å². The van der Waals surface area contributed by atoms with E-state index in [0.29, 0.717) is 18.8 Å². The SMILES string of the molecule is O=C(O)c1ccc(NC(=O)c2cc(Cl)sc2Cl)c(Br)c1. The summed E-state index contributed by atoms with van der Waals surface area (Å²) in [7, 11) is 0. The molecule has 4 nitrogen and oxygen atoms in total. The third kappa shape index (κ3) is 3.32. The minimum atomic E-state index is -1.05. The Bertz CT molecular complexity index is 702. The van der Waals surface area contributed by atoms with Crippen LogP contribution in [0.1, 0.15) is 20.7 Å². The first-order chi connectivity index (χ1) is 9.38. The molecule has 0 atom stereocenters. The first kappa shape index (κ1) is 15.3. The van der Waals surface area contributed by atoms with Crippen LogP contribution in [0, 0.1) is 0 Å². The average Bonchev–Trinajstić information content (AvgIpc) is 2.70.